The van der Waals surface area contributed by atoms with Gasteiger partial charge in [-0.3, -0.25) is 0 Å². The second kappa shape index (κ2) is 5.74. The highest BCUT2D eigenvalue weighted by molar-refractivity contribution is 6.19. The molecular weight excluding hydrogens is 340 g/mol. The number of fused-ring (bicyclic) bond motifs is 7. The van der Waals surface area contributed by atoms with E-state index in [9.17, 15) is 0 Å². The summed E-state index contributed by atoms with van der Waals surface area (Å²) < 4.78 is 4.78. The Morgan fingerprint density at radius 1 is 0.679 bits per heavy atom. The van der Waals surface area contributed by atoms with E-state index < -0.39 is 0 Å². The fraction of sp³-hybridized carbons (Fsp3) is 0.0769. The molecule has 0 saturated carbocycles. The van der Waals surface area contributed by atoms with Crippen molar-refractivity contribution in [2.24, 2.45) is 7.05 Å². The number of allylic oxidation sites excluding steroid dienone is 2. The Bertz CT molecular complexity index is 1430. The van der Waals surface area contributed by atoms with Crippen LogP contribution >= 0.6 is 0 Å². The summed E-state index contributed by atoms with van der Waals surface area (Å²) in [5.74, 6) is 0. The van der Waals surface area contributed by atoms with Crippen LogP contribution in [0.2, 0.25) is 0 Å². The fourth-order valence-corrected chi connectivity index (χ4v) is 4.70. The first-order valence-corrected chi connectivity index (χ1v) is 9.77. The van der Waals surface area contributed by atoms with E-state index in [0.29, 0.717) is 0 Å². The second-order valence-corrected chi connectivity index (χ2v) is 7.44. The van der Waals surface area contributed by atoms with E-state index in [2.05, 4.69) is 107 Å². The number of aryl methyl sites for hydroxylation is 1. The van der Waals surface area contributed by atoms with Crippen LogP contribution in [0.3, 0.4) is 0 Å². The van der Waals surface area contributed by atoms with Crippen molar-refractivity contribution in [2.45, 2.75) is 6.42 Å². The van der Waals surface area contributed by atoms with E-state index in [1.807, 2.05) is 0 Å². The van der Waals surface area contributed by atoms with Crippen LogP contribution in [0, 0.1) is 0 Å². The zero-order valence-corrected chi connectivity index (χ0v) is 15.8. The number of nitrogens with zero attached hydrogens (tertiary/aromatic N) is 2. The highest BCUT2D eigenvalue weighted by Gasteiger charge is 2.20. The van der Waals surface area contributed by atoms with Crippen LogP contribution in [-0.2, 0) is 7.05 Å². The number of hydrogen-bond acceptors (Lipinski definition) is 0. The molecule has 134 valence electrons. The van der Waals surface area contributed by atoms with Gasteiger partial charge in [-0.25, -0.2) is 0 Å². The third-order valence-electron chi connectivity index (χ3n) is 5.92. The molecule has 0 aliphatic heterocycles. The monoisotopic (exact) mass is 360 g/mol. The molecule has 1 aliphatic rings. The molecule has 0 bridgehead atoms. The smallest absolute Gasteiger partial charge is 0.0785 e. The summed E-state index contributed by atoms with van der Waals surface area (Å²) in [7, 11) is 2.19. The third-order valence-corrected chi connectivity index (χ3v) is 5.92. The number of rotatable bonds is 1. The summed E-state index contributed by atoms with van der Waals surface area (Å²) in [6, 6.07) is 24.0. The van der Waals surface area contributed by atoms with E-state index in [0.717, 1.165) is 6.42 Å². The molecule has 6 rings (SSSR count). The molecule has 2 nitrogen and oxygen atoms in total. The molecule has 2 aromatic heterocycles. The molecule has 3 aromatic carbocycles. The van der Waals surface area contributed by atoms with Crippen molar-refractivity contribution in [1.29, 1.82) is 0 Å². The average Bonchev–Trinajstić information content (AvgIpc) is 3.07. The lowest BCUT2D eigenvalue weighted by Crippen LogP contribution is -1.97. The van der Waals surface area contributed by atoms with Gasteiger partial charge in [0.1, 0.15) is 0 Å². The van der Waals surface area contributed by atoms with Crippen molar-refractivity contribution in [3.63, 3.8) is 0 Å². The van der Waals surface area contributed by atoms with Crippen LogP contribution in [-0.4, -0.2) is 9.13 Å². The zero-order valence-electron chi connectivity index (χ0n) is 15.8. The highest BCUT2D eigenvalue weighted by atomic mass is 15.0. The van der Waals surface area contributed by atoms with Crippen LogP contribution in [0.5, 0.6) is 0 Å². The van der Waals surface area contributed by atoms with Crippen molar-refractivity contribution in [1.82, 2.24) is 9.13 Å². The summed E-state index contributed by atoms with van der Waals surface area (Å²) in [5.41, 5.74) is 7.61. The number of hydrogen-bond donors (Lipinski definition) is 0. The van der Waals surface area contributed by atoms with Gasteiger partial charge in [0.15, 0.2) is 0 Å². The number of para-hydroxylation sites is 2. The van der Waals surface area contributed by atoms with Crippen LogP contribution in [0.1, 0.15) is 17.7 Å². The van der Waals surface area contributed by atoms with Gasteiger partial charge >= 0.3 is 0 Å². The molecule has 1 aliphatic carbocycles. The summed E-state index contributed by atoms with van der Waals surface area (Å²) in [5, 5.41) is 3.91. The maximum absolute atomic E-state index is 2.42. The quantitative estimate of drug-likeness (QED) is 0.314. The van der Waals surface area contributed by atoms with E-state index in [1.54, 1.807) is 0 Å². The highest BCUT2D eigenvalue weighted by Crippen LogP contribution is 2.39. The maximum Gasteiger partial charge on any atom is 0.0785 e. The summed E-state index contributed by atoms with van der Waals surface area (Å²) in [6.45, 7) is 0. The van der Waals surface area contributed by atoms with Crippen molar-refractivity contribution >= 4 is 44.9 Å². The normalized spacial score (nSPS) is 13.5. The van der Waals surface area contributed by atoms with Gasteiger partial charge < -0.3 is 9.13 Å². The maximum atomic E-state index is 2.42. The van der Waals surface area contributed by atoms with Crippen molar-refractivity contribution in [3.8, 4) is 5.69 Å². The molecule has 0 N–H and O–H groups in total. The van der Waals surface area contributed by atoms with Crippen molar-refractivity contribution < 1.29 is 0 Å². The molecule has 0 amide bonds. The minimum atomic E-state index is 0.989. The van der Waals surface area contributed by atoms with Gasteiger partial charge in [0.05, 0.1) is 16.6 Å². The number of aromatic nitrogens is 2. The SMILES string of the molecule is Cn1c2c(c3ccc4c5ccccc5n(-c5ccccc5)c4c31)C=CCC=C2. The fourth-order valence-electron chi connectivity index (χ4n) is 4.70. The molecule has 28 heavy (non-hydrogen) atoms. The van der Waals surface area contributed by atoms with Gasteiger partial charge in [-0.15, -0.1) is 0 Å². The molecule has 2 heteroatoms. The lowest BCUT2D eigenvalue weighted by atomic mass is 10.1. The van der Waals surface area contributed by atoms with E-state index in [4.69, 9.17) is 0 Å². The van der Waals surface area contributed by atoms with Crippen LogP contribution in [0.4, 0.5) is 0 Å². The molecule has 0 atom stereocenters. The Balaban J connectivity index is 1.89. The van der Waals surface area contributed by atoms with Crippen LogP contribution in [0.25, 0.3) is 50.5 Å². The van der Waals surface area contributed by atoms with E-state index in [-0.39, 0.29) is 0 Å². The Morgan fingerprint density at radius 3 is 2.32 bits per heavy atom. The topological polar surface area (TPSA) is 9.86 Å². The van der Waals surface area contributed by atoms with E-state index >= 15 is 0 Å². The first-order chi connectivity index (χ1) is 13.8. The second-order valence-electron chi connectivity index (χ2n) is 7.44. The van der Waals surface area contributed by atoms with Gasteiger partial charge in [0.2, 0.25) is 0 Å². The van der Waals surface area contributed by atoms with Crippen LogP contribution in [0.15, 0.2) is 78.9 Å². The molecule has 0 radical (unpaired) electrons. The Hall–Kier alpha value is -3.52. The van der Waals surface area contributed by atoms with Crippen molar-refractivity contribution in [3.05, 3.63) is 90.1 Å². The first-order valence-electron chi connectivity index (χ1n) is 9.77. The Labute approximate surface area is 163 Å². The van der Waals surface area contributed by atoms with Gasteiger partial charge in [-0.05, 0) is 30.7 Å². The predicted molar refractivity (Wildman–Crippen MR) is 120 cm³/mol. The predicted octanol–water partition coefficient (Wildman–Crippen LogP) is 6.71. The Morgan fingerprint density at radius 2 is 1.43 bits per heavy atom. The molecule has 2 heterocycles. The lowest BCUT2D eigenvalue weighted by Gasteiger charge is -2.10. The van der Waals surface area contributed by atoms with Crippen LogP contribution < -0.4 is 0 Å². The minimum Gasteiger partial charge on any atom is -0.342 e. The molecule has 0 spiro atoms. The minimum absolute atomic E-state index is 0.989. The van der Waals surface area contributed by atoms with E-state index in [1.165, 1.54) is 49.7 Å². The van der Waals surface area contributed by atoms with Crippen molar-refractivity contribution in [2.75, 3.05) is 0 Å². The molecular formula is C26H20N2. The molecule has 0 unspecified atom stereocenters. The largest absolute Gasteiger partial charge is 0.342 e. The molecule has 5 aromatic rings. The molecule has 0 saturated heterocycles. The summed E-state index contributed by atoms with van der Waals surface area (Å²) >= 11 is 0. The number of benzene rings is 3. The summed E-state index contributed by atoms with van der Waals surface area (Å²) in [6.07, 6.45) is 10.0. The lowest BCUT2D eigenvalue weighted by molar-refractivity contribution is 0.953. The van der Waals surface area contributed by atoms with Gasteiger partial charge in [0.25, 0.3) is 0 Å². The third kappa shape index (κ3) is 1.97. The zero-order chi connectivity index (χ0) is 18.7. The van der Waals surface area contributed by atoms with Gasteiger partial charge in [-0.1, -0.05) is 66.8 Å². The summed E-state index contributed by atoms with van der Waals surface area (Å²) in [4.78, 5) is 0. The average molecular weight is 360 g/mol. The standard InChI is InChI=1S/C26H20N2/c1-27-23-14-7-3-6-12-19(23)21-16-17-22-20-13-8-9-15-24(20)28(26(22)25(21)27)18-10-4-2-5-11-18/h2,4-17H,3H2,1H3. The first kappa shape index (κ1) is 15.5. The van der Waals surface area contributed by atoms with Gasteiger partial charge in [-0.2, -0.15) is 0 Å². The Kier molecular flexibility index (Phi) is 3.18. The molecule has 0 fully saturated rings. The van der Waals surface area contributed by atoms with Gasteiger partial charge in [0, 0.05) is 40.2 Å².